The number of esters is 1. The molecule has 2 aromatic carbocycles. The lowest BCUT2D eigenvalue weighted by Crippen LogP contribution is -2.28. The molecule has 0 aliphatic carbocycles. The van der Waals surface area contributed by atoms with E-state index in [4.69, 9.17) is 17.0 Å². The summed E-state index contributed by atoms with van der Waals surface area (Å²) < 4.78 is 32.5. The number of carbonyl (C=O) groups excluding carboxylic acids is 1. The van der Waals surface area contributed by atoms with E-state index in [0.717, 1.165) is 34.2 Å². The smallest absolute Gasteiger partial charge is 0.348 e. The van der Waals surface area contributed by atoms with Gasteiger partial charge in [-0.05, 0) is 72.4 Å². The van der Waals surface area contributed by atoms with Gasteiger partial charge in [0.15, 0.2) is 5.11 Å². The molecule has 32 heavy (non-hydrogen) atoms. The van der Waals surface area contributed by atoms with Crippen LogP contribution in [-0.2, 0) is 21.3 Å². The Kier molecular flexibility index (Phi) is 6.75. The monoisotopic (exact) mass is 489 g/mol. The third kappa shape index (κ3) is 4.93. The molecule has 3 aromatic rings. The first-order chi connectivity index (χ1) is 15.4. The quantitative estimate of drug-likeness (QED) is 0.400. The van der Waals surface area contributed by atoms with Crippen LogP contribution in [0.25, 0.3) is 10.1 Å². The number of anilines is 1. The molecule has 0 spiro atoms. The van der Waals surface area contributed by atoms with Crippen molar-refractivity contribution in [1.82, 2.24) is 9.62 Å². The van der Waals surface area contributed by atoms with Crippen molar-refractivity contribution < 1.29 is 17.9 Å². The zero-order valence-electron chi connectivity index (χ0n) is 17.5. The second-order valence-electron chi connectivity index (χ2n) is 7.42. The number of sulfonamides is 1. The first kappa shape index (κ1) is 22.7. The second kappa shape index (κ2) is 9.53. The molecule has 10 heteroatoms. The largest absolute Gasteiger partial charge is 0.465 e. The fourth-order valence-electron chi connectivity index (χ4n) is 3.54. The van der Waals surface area contributed by atoms with Crippen LogP contribution >= 0.6 is 23.6 Å². The zero-order valence-corrected chi connectivity index (χ0v) is 19.9. The number of carbonyl (C=O) groups is 1. The van der Waals surface area contributed by atoms with Crippen LogP contribution in [0.1, 0.15) is 28.1 Å². The maximum Gasteiger partial charge on any atom is 0.348 e. The Labute approximate surface area is 196 Å². The van der Waals surface area contributed by atoms with Crippen molar-refractivity contribution in [1.29, 1.82) is 0 Å². The van der Waals surface area contributed by atoms with Gasteiger partial charge in [0.25, 0.3) is 0 Å². The number of ether oxygens (including phenoxy) is 1. The number of hydrogen-bond donors (Lipinski definition) is 2. The van der Waals surface area contributed by atoms with Crippen LogP contribution in [0.2, 0.25) is 0 Å². The summed E-state index contributed by atoms with van der Waals surface area (Å²) >= 11 is 6.76. The Bertz CT molecular complexity index is 1250. The number of methoxy groups -OCH3 is 1. The van der Waals surface area contributed by atoms with Gasteiger partial charge in [-0.1, -0.05) is 12.1 Å². The third-order valence-electron chi connectivity index (χ3n) is 5.24. The van der Waals surface area contributed by atoms with Crippen LogP contribution in [0.4, 0.5) is 5.69 Å². The molecule has 0 atom stereocenters. The molecule has 168 valence electrons. The lowest BCUT2D eigenvalue weighted by Gasteiger charge is -2.16. The van der Waals surface area contributed by atoms with Crippen molar-refractivity contribution in [2.24, 2.45) is 0 Å². The minimum atomic E-state index is -3.40. The molecule has 0 saturated carbocycles. The Hall–Kier alpha value is -2.53. The Morgan fingerprint density at radius 3 is 2.53 bits per heavy atom. The number of hydrogen-bond acceptors (Lipinski definition) is 6. The van der Waals surface area contributed by atoms with Crippen LogP contribution in [0, 0.1) is 0 Å². The van der Waals surface area contributed by atoms with Gasteiger partial charge in [0.05, 0.1) is 12.0 Å². The number of nitrogens with one attached hydrogen (secondary N) is 2. The van der Waals surface area contributed by atoms with Gasteiger partial charge < -0.3 is 15.4 Å². The fraction of sp³-hybridized carbons (Fsp3) is 0.273. The van der Waals surface area contributed by atoms with Gasteiger partial charge >= 0.3 is 5.97 Å². The third-order valence-corrected chi connectivity index (χ3v) is 8.50. The molecule has 2 heterocycles. The highest BCUT2D eigenvalue weighted by Crippen LogP contribution is 2.28. The highest BCUT2D eigenvalue weighted by Gasteiger charge is 2.26. The van der Waals surface area contributed by atoms with Crippen LogP contribution in [0.3, 0.4) is 0 Å². The van der Waals surface area contributed by atoms with Crippen LogP contribution < -0.4 is 10.6 Å². The summed E-state index contributed by atoms with van der Waals surface area (Å²) in [6, 6.07) is 14.4. The maximum atomic E-state index is 12.6. The molecule has 4 rings (SSSR count). The summed E-state index contributed by atoms with van der Waals surface area (Å²) in [6.07, 6.45) is 1.83. The van der Waals surface area contributed by atoms with E-state index in [1.165, 1.54) is 22.8 Å². The second-order valence-corrected chi connectivity index (χ2v) is 10.8. The lowest BCUT2D eigenvalue weighted by atomic mass is 10.2. The summed E-state index contributed by atoms with van der Waals surface area (Å²) in [5.74, 6) is -0.350. The molecular formula is C22H23N3O4S3. The van der Waals surface area contributed by atoms with Crippen molar-refractivity contribution in [3.63, 3.8) is 0 Å². The summed E-state index contributed by atoms with van der Waals surface area (Å²) in [6.45, 7) is 1.64. The molecule has 1 saturated heterocycles. The van der Waals surface area contributed by atoms with E-state index < -0.39 is 10.0 Å². The SMILES string of the molecule is COC(=O)c1cc2cc(NC(=S)NCc3ccc(S(=O)(=O)N4CCCC4)cc3)ccc2s1. The summed E-state index contributed by atoms with van der Waals surface area (Å²) in [7, 11) is -2.04. The predicted molar refractivity (Wildman–Crippen MR) is 131 cm³/mol. The van der Waals surface area contributed by atoms with Gasteiger partial charge in [-0.3, -0.25) is 0 Å². The number of nitrogens with zero attached hydrogens (tertiary/aromatic N) is 1. The number of thiophene rings is 1. The average molecular weight is 490 g/mol. The maximum absolute atomic E-state index is 12.6. The Morgan fingerprint density at radius 1 is 1.12 bits per heavy atom. The Balaban J connectivity index is 1.35. The number of thiocarbonyl (C=S) groups is 1. The highest BCUT2D eigenvalue weighted by atomic mass is 32.2. The summed E-state index contributed by atoms with van der Waals surface area (Å²) in [4.78, 5) is 12.6. The lowest BCUT2D eigenvalue weighted by molar-refractivity contribution is 0.0606. The highest BCUT2D eigenvalue weighted by molar-refractivity contribution is 7.89. The van der Waals surface area contributed by atoms with Gasteiger partial charge in [0.1, 0.15) is 4.88 Å². The van der Waals surface area contributed by atoms with E-state index in [0.29, 0.717) is 34.5 Å². The normalized spacial score (nSPS) is 14.4. The topological polar surface area (TPSA) is 87.7 Å². The molecule has 1 fully saturated rings. The van der Waals surface area contributed by atoms with E-state index in [-0.39, 0.29) is 5.97 Å². The first-order valence-corrected chi connectivity index (χ1v) is 12.8. The number of benzene rings is 2. The van der Waals surface area contributed by atoms with Gasteiger partial charge in [0.2, 0.25) is 10.0 Å². The van der Waals surface area contributed by atoms with Gasteiger partial charge in [-0.25, -0.2) is 13.2 Å². The van der Waals surface area contributed by atoms with Crippen LogP contribution in [0.15, 0.2) is 53.4 Å². The average Bonchev–Trinajstić information content (AvgIpc) is 3.48. The molecule has 0 radical (unpaired) electrons. The van der Waals surface area contributed by atoms with Gasteiger partial charge in [-0.15, -0.1) is 11.3 Å². The molecule has 7 nitrogen and oxygen atoms in total. The standard InChI is InChI=1S/C22H23N3O4S3/c1-29-21(26)20-13-16-12-17(6-9-19(16)31-20)24-22(30)23-14-15-4-7-18(8-5-15)32(27,28)25-10-2-3-11-25/h4-9,12-13H,2-3,10-11,14H2,1H3,(H2,23,24,30). The molecule has 2 N–H and O–H groups in total. The molecule has 1 aromatic heterocycles. The minimum absolute atomic E-state index is 0.319. The molecule has 1 aliphatic heterocycles. The fourth-order valence-corrected chi connectivity index (χ4v) is 6.21. The van der Waals surface area contributed by atoms with Crippen molar-refractivity contribution in [2.75, 3.05) is 25.5 Å². The number of fused-ring (bicyclic) bond motifs is 1. The van der Waals surface area contributed by atoms with Crippen molar-refractivity contribution in [3.8, 4) is 0 Å². The van der Waals surface area contributed by atoms with E-state index >= 15 is 0 Å². The van der Waals surface area contributed by atoms with E-state index in [1.807, 2.05) is 18.2 Å². The number of rotatable bonds is 6. The first-order valence-electron chi connectivity index (χ1n) is 10.1. The molecule has 1 aliphatic rings. The van der Waals surface area contributed by atoms with Crippen molar-refractivity contribution in [2.45, 2.75) is 24.3 Å². The van der Waals surface area contributed by atoms with Gasteiger partial charge in [-0.2, -0.15) is 4.31 Å². The van der Waals surface area contributed by atoms with E-state index in [1.54, 1.807) is 30.3 Å². The van der Waals surface area contributed by atoms with Crippen LogP contribution in [-0.4, -0.2) is 44.0 Å². The van der Waals surface area contributed by atoms with Crippen molar-refractivity contribution >= 4 is 60.4 Å². The predicted octanol–water partition coefficient (Wildman–Crippen LogP) is 3.96. The van der Waals surface area contributed by atoms with Gasteiger partial charge in [0, 0.05) is 30.0 Å². The van der Waals surface area contributed by atoms with Crippen LogP contribution in [0.5, 0.6) is 0 Å². The Morgan fingerprint density at radius 2 is 1.84 bits per heavy atom. The van der Waals surface area contributed by atoms with Crippen molar-refractivity contribution in [3.05, 3.63) is 59.0 Å². The summed E-state index contributed by atoms with van der Waals surface area (Å²) in [5.41, 5.74) is 1.72. The molecule has 0 amide bonds. The minimum Gasteiger partial charge on any atom is -0.465 e. The molecule has 0 bridgehead atoms. The van der Waals surface area contributed by atoms with E-state index in [2.05, 4.69) is 10.6 Å². The zero-order chi connectivity index (χ0) is 22.7. The van der Waals surface area contributed by atoms with E-state index in [9.17, 15) is 13.2 Å². The molecular weight excluding hydrogens is 466 g/mol. The molecule has 0 unspecified atom stereocenters. The summed E-state index contributed by atoms with van der Waals surface area (Å²) in [5, 5.41) is 7.64.